The zero-order valence-corrected chi connectivity index (χ0v) is 8.94. The van der Waals surface area contributed by atoms with Crippen molar-refractivity contribution in [2.24, 2.45) is 5.84 Å². The molecule has 0 amide bonds. The molecular formula is C13H10N2O2. The fraction of sp³-hybridized carbons (Fsp3) is 0. The van der Waals surface area contributed by atoms with E-state index in [-0.39, 0.29) is 5.69 Å². The zero-order valence-electron chi connectivity index (χ0n) is 8.94. The van der Waals surface area contributed by atoms with E-state index in [1.165, 1.54) is 0 Å². The van der Waals surface area contributed by atoms with Gasteiger partial charge in [0, 0.05) is 5.39 Å². The Hall–Kier alpha value is -2.33. The number of anilines is 1. The lowest BCUT2D eigenvalue weighted by atomic mass is 10.1. The standard InChI is InChI=1S/C13H10N2O2/c14-15-11-7-10-9-4-2-1-3-8(9)5-6-12(10)17-13(11)16/h1-7,15H,14H2. The lowest BCUT2D eigenvalue weighted by Gasteiger charge is -2.04. The molecule has 84 valence electrons. The summed E-state index contributed by atoms with van der Waals surface area (Å²) in [6.45, 7) is 0. The van der Waals surface area contributed by atoms with Crippen molar-refractivity contribution in [2.75, 3.05) is 5.43 Å². The van der Waals surface area contributed by atoms with Gasteiger partial charge in [0.2, 0.25) is 0 Å². The third-order valence-electron chi connectivity index (χ3n) is 2.80. The van der Waals surface area contributed by atoms with E-state index in [9.17, 15) is 4.79 Å². The van der Waals surface area contributed by atoms with Gasteiger partial charge >= 0.3 is 5.63 Å². The molecule has 0 radical (unpaired) electrons. The second kappa shape index (κ2) is 3.61. The maximum absolute atomic E-state index is 11.5. The van der Waals surface area contributed by atoms with Gasteiger partial charge < -0.3 is 9.84 Å². The molecule has 0 unspecified atom stereocenters. The van der Waals surface area contributed by atoms with Crippen LogP contribution in [0.1, 0.15) is 0 Å². The van der Waals surface area contributed by atoms with Crippen LogP contribution in [0, 0.1) is 0 Å². The van der Waals surface area contributed by atoms with Gasteiger partial charge in [-0.3, -0.25) is 5.84 Å². The molecule has 0 aliphatic heterocycles. The topological polar surface area (TPSA) is 68.3 Å². The fourth-order valence-electron chi connectivity index (χ4n) is 1.97. The first-order valence-corrected chi connectivity index (χ1v) is 5.22. The van der Waals surface area contributed by atoms with Crippen LogP contribution in [-0.2, 0) is 0 Å². The summed E-state index contributed by atoms with van der Waals surface area (Å²) in [5.41, 5.74) is 2.70. The summed E-state index contributed by atoms with van der Waals surface area (Å²) in [6.07, 6.45) is 0. The summed E-state index contributed by atoms with van der Waals surface area (Å²) in [5.74, 6) is 5.28. The number of nitrogens with one attached hydrogen (secondary N) is 1. The molecule has 1 aromatic heterocycles. The normalized spacial score (nSPS) is 10.9. The van der Waals surface area contributed by atoms with E-state index >= 15 is 0 Å². The van der Waals surface area contributed by atoms with Gasteiger partial charge in [-0.15, -0.1) is 0 Å². The molecule has 0 atom stereocenters. The first-order chi connectivity index (χ1) is 8.29. The third-order valence-corrected chi connectivity index (χ3v) is 2.80. The predicted octanol–water partition coefficient (Wildman–Crippen LogP) is 2.23. The minimum absolute atomic E-state index is 0.258. The van der Waals surface area contributed by atoms with E-state index in [2.05, 4.69) is 5.43 Å². The largest absolute Gasteiger partial charge is 0.421 e. The number of rotatable bonds is 1. The summed E-state index contributed by atoms with van der Waals surface area (Å²) in [6, 6.07) is 13.3. The smallest absolute Gasteiger partial charge is 0.361 e. The molecule has 0 bridgehead atoms. The van der Waals surface area contributed by atoms with Crippen LogP contribution in [0.3, 0.4) is 0 Å². The van der Waals surface area contributed by atoms with Crippen molar-refractivity contribution in [1.82, 2.24) is 0 Å². The van der Waals surface area contributed by atoms with Crippen molar-refractivity contribution >= 4 is 27.4 Å². The van der Waals surface area contributed by atoms with Crippen LogP contribution in [0.15, 0.2) is 51.7 Å². The Kier molecular flexibility index (Phi) is 2.09. The fourth-order valence-corrected chi connectivity index (χ4v) is 1.97. The van der Waals surface area contributed by atoms with Crippen LogP contribution >= 0.6 is 0 Å². The Balaban J connectivity index is 2.52. The average Bonchev–Trinajstić information content (AvgIpc) is 2.37. The van der Waals surface area contributed by atoms with Gasteiger partial charge in [-0.05, 0) is 22.9 Å². The second-order valence-electron chi connectivity index (χ2n) is 3.79. The molecule has 4 heteroatoms. The highest BCUT2D eigenvalue weighted by atomic mass is 16.4. The highest BCUT2D eigenvalue weighted by Gasteiger charge is 2.06. The van der Waals surface area contributed by atoms with Crippen LogP contribution in [0.2, 0.25) is 0 Å². The quantitative estimate of drug-likeness (QED) is 0.289. The molecule has 4 nitrogen and oxygen atoms in total. The van der Waals surface area contributed by atoms with E-state index in [1.807, 2.05) is 30.3 Å². The Labute approximate surface area is 96.6 Å². The Morgan fingerprint density at radius 1 is 1.06 bits per heavy atom. The zero-order chi connectivity index (χ0) is 11.8. The number of hydrogen-bond donors (Lipinski definition) is 2. The van der Waals surface area contributed by atoms with E-state index in [1.54, 1.807) is 12.1 Å². The summed E-state index contributed by atoms with van der Waals surface area (Å²) < 4.78 is 5.19. The van der Waals surface area contributed by atoms with E-state index in [0.717, 1.165) is 16.2 Å². The minimum Gasteiger partial charge on any atom is -0.421 e. The molecule has 0 fully saturated rings. The minimum atomic E-state index is -0.463. The molecule has 0 saturated heterocycles. The summed E-state index contributed by atoms with van der Waals surface area (Å²) in [4.78, 5) is 11.5. The molecule has 17 heavy (non-hydrogen) atoms. The van der Waals surface area contributed by atoms with E-state index in [0.29, 0.717) is 5.58 Å². The van der Waals surface area contributed by atoms with Gasteiger partial charge in [0.05, 0.1) is 0 Å². The summed E-state index contributed by atoms with van der Waals surface area (Å²) in [5, 5.41) is 3.00. The lowest BCUT2D eigenvalue weighted by molar-refractivity contribution is 0.563. The van der Waals surface area contributed by atoms with Crippen molar-refractivity contribution in [3.8, 4) is 0 Å². The Morgan fingerprint density at radius 3 is 2.71 bits per heavy atom. The number of benzene rings is 2. The molecule has 0 aliphatic carbocycles. The molecule has 1 heterocycles. The molecule has 0 aliphatic rings. The summed E-state index contributed by atoms with van der Waals surface area (Å²) >= 11 is 0. The van der Waals surface area contributed by atoms with Crippen LogP contribution in [0.4, 0.5) is 5.69 Å². The molecule has 0 spiro atoms. The molecule has 2 aromatic carbocycles. The van der Waals surface area contributed by atoms with E-state index in [4.69, 9.17) is 10.3 Å². The van der Waals surface area contributed by atoms with Gasteiger partial charge in [-0.25, -0.2) is 4.79 Å². The van der Waals surface area contributed by atoms with Crippen molar-refractivity contribution in [3.63, 3.8) is 0 Å². The average molecular weight is 226 g/mol. The molecule has 3 N–H and O–H groups in total. The molecular weight excluding hydrogens is 216 g/mol. The number of hydrazine groups is 1. The van der Waals surface area contributed by atoms with Crippen LogP contribution in [0.5, 0.6) is 0 Å². The van der Waals surface area contributed by atoms with Gasteiger partial charge in [0.15, 0.2) is 0 Å². The van der Waals surface area contributed by atoms with Crippen LogP contribution < -0.4 is 16.9 Å². The first-order valence-electron chi connectivity index (χ1n) is 5.22. The van der Waals surface area contributed by atoms with Crippen molar-refractivity contribution in [2.45, 2.75) is 0 Å². The first kappa shape index (κ1) is 9.86. The van der Waals surface area contributed by atoms with Crippen molar-refractivity contribution in [1.29, 1.82) is 0 Å². The van der Waals surface area contributed by atoms with Crippen molar-refractivity contribution < 1.29 is 4.42 Å². The monoisotopic (exact) mass is 226 g/mol. The predicted molar refractivity (Wildman–Crippen MR) is 67.8 cm³/mol. The number of hydrogen-bond acceptors (Lipinski definition) is 4. The SMILES string of the molecule is NNc1cc2c(ccc3ccccc32)oc1=O. The van der Waals surface area contributed by atoms with E-state index < -0.39 is 5.63 Å². The third kappa shape index (κ3) is 1.46. The maximum atomic E-state index is 11.5. The molecule has 3 aromatic rings. The maximum Gasteiger partial charge on any atom is 0.361 e. The number of nitrogens with two attached hydrogens (primary N) is 1. The van der Waals surface area contributed by atoms with Gasteiger partial charge in [0.25, 0.3) is 0 Å². The van der Waals surface area contributed by atoms with Crippen molar-refractivity contribution in [3.05, 3.63) is 52.9 Å². The number of fused-ring (bicyclic) bond motifs is 3. The van der Waals surface area contributed by atoms with Gasteiger partial charge in [-0.2, -0.15) is 0 Å². The molecule has 3 rings (SSSR count). The highest BCUT2D eigenvalue weighted by molar-refractivity contribution is 6.06. The molecule has 0 saturated carbocycles. The summed E-state index contributed by atoms with van der Waals surface area (Å²) in [7, 11) is 0. The van der Waals surface area contributed by atoms with Crippen LogP contribution in [0.25, 0.3) is 21.7 Å². The second-order valence-corrected chi connectivity index (χ2v) is 3.79. The number of nitrogen functional groups attached to an aromatic ring is 1. The van der Waals surface area contributed by atoms with Crippen LogP contribution in [-0.4, -0.2) is 0 Å². The Bertz CT molecular complexity index is 762. The Morgan fingerprint density at radius 2 is 1.88 bits per heavy atom. The lowest BCUT2D eigenvalue weighted by Crippen LogP contribution is -2.15. The van der Waals surface area contributed by atoms with Gasteiger partial charge in [0.1, 0.15) is 11.3 Å². The highest BCUT2D eigenvalue weighted by Crippen LogP contribution is 2.25. The van der Waals surface area contributed by atoms with Gasteiger partial charge in [-0.1, -0.05) is 30.3 Å².